The van der Waals surface area contributed by atoms with Gasteiger partial charge in [-0.2, -0.15) is 0 Å². The summed E-state index contributed by atoms with van der Waals surface area (Å²) in [6, 6.07) is 21.2. The van der Waals surface area contributed by atoms with E-state index in [1.165, 1.54) is 10.4 Å². The summed E-state index contributed by atoms with van der Waals surface area (Å²) in [6.45, 7) is 8.48. The summed E-state index contributed by atoms with van der Waals surface area (Å²) in [7, 11) is -2.67. The molecule has 1 heterocycles. The van der Waals surface area contributed by atoms with Crippen molar-refractivity contribution >= 4 is 18.7 Å². The summed E-state index contributed by atoms with van der Waals surface area (Å²) in [6.07, 6.45) is 4.20. The van der Waals surface area contributed by atoms with Crippen molar-refractivity contribution in [3.8, 4) is 0 Å². The fraction of sp³-hybridized carbons (Fsp3) is 0.385. The highest BCUT2D eigenvalue weighted by molar-refractivity contribution is 6.99. The Labute approximate surface area is 195 Å². The number of H-pyrrole nitrogens is 1. The Bertz CT molecular complexity index is 1160. The maximum absolute atomic E-state index is 12.4. The number of nitrogens with zero attached hydrogens (tertiary/aromatic N) is 1. The monoisotopic (exact) mass is 463 g/mol. The lowest BCUT2D eigenvalue weighted by molar-refractivity contribution is 0.141. The molecule has 1 aromatic heterocycles. The van der Waals surface area contributed by atoms with Crippen molar-refractivity contribution in [2.45, 2.75) is 64.1 Å². The lowest BCUT2D eigenvalue weighted by Gasteiger charge is -2.43. The van der Waals surface area contributed by atoms with Crippen LogP contribution >= 0.6 is 0 Å². The van der Waals surface area contributed by atoms with Gasteiger partial charge in [-0.05, 0) is 41.6 Å². The number of benzene rings is 2. The third-order valence-electron chi connectivity index (χ3n) is 6.74. The minimum atomic E-state index is -2.67. The van der Waals surface area contributed by atoms with Gasteiger partial charge in [-0.1, -0.05) is 81.4 Å². The first kappa shape index (κ1) is 23.4. The number of hydrogen-bond donors (Lipinski definition) is 2. The van der Waals surface area contributed by atoms with Crippen molar-refractivity contribution < 1.29 is 4.53 Å². The molecule has 0 bridgehead atoms. The third kappa shape index (κ3) is 4.53. The van der Waals surface area contributed by atoms with Crippen LogP contribution < -0.4 is 27.1 Å². The van der Waals surface area contributed by atoms with E-state index in [2.05, 4.69) is 79.8 Å². The molecule has 2 N–H and O–H groups in total. The SMILES string of the molecule is Cc1cn([C@H]2CC[C@@H](NO[Si](c3ccccc3)(c3ccccc3)C(C)(C)C)C2)c(=O)[nH]c1=O. The summed E-state index contributed by atoms with van der Waals surface area (Å²) < 4.78 is 8.52. The molecule has 0 radical (unpaired) electrons. The number of hydroxylamine groups is 1. The molecule has 4 rings (SSSR count). The van der Waals surface area contributed by atoms with Gasteiger partial charge in [0.25, 0.3) is 13.9 Å². The number of aromatic amines is 1. The Morgan fingerprint density at radius 3 is 2.09 bits per heavy atom. The van der Waals surface area contributed by atoms with Crippen LogP contribution in [0, 0.1) is 6.92 Å². The minimum Gasteiger partial charge on any atom is -0.333 e. The first-order valence-electron chi connectivity index (χ1n) is 11.6. The quantitative estimate of drug-likeness (QED) is 0.435. The second-order valence-corrected chi connectivity index (χ2v) is 14.2. The Kier molecular flexibility index (Phi) is 6.56. The largest absolute Gasteiger partial charge is 0.333 e. The topological polar surface area (TPSA) is 76.1 Å². The van der Waals surface area contributed by atoms with Gasteiger partial charge in [0.15, 0.2) is 0 Å². The van der Waals surface area contributed by atoms with Gasteiger partial charge in [0.1, 0.15) is 0 Å². The molecule has 0 spiro atoms. The molecule has 0 saturated heterocycles. The number of nitrogens with one attached hydrogen (secondary N) is 2. The van der Waals surface area contributed by atoms with Crippen LogP contribution in [0.5, 0.6) is 0 Å². The zero-order valence-electron chi connectivity index (χ0n) is 19.8. The molecule has 0 unspecified atom stereocenters. The van der Waals surface area contributed by atoms with Crippen LogP contribution in [0.25, 0.3) is 0 Å². The van der Waals surface area contributed by atoms with E-state index < -0.39 is 8.32 Å². The predicted molar refractivity (Wildman–Crippen MR) is 135 cm³/mol. The molecular formula is C26H33N3O3Si. The third-order valence-corrected chi connectivity index (χ3v) is 11.6. The molecule has 2 aromatic carbocycles. The smallest absolute Gasteiger partial charge is 0.328 e. The number of aryl methyl sites for hydroxylation is 1. The van der Waals surface area contributed by atoms with Crippen LogP contribution in [0.3, 0.4) is 0 Å². The van der Waals surface area contributed by atoms with Gasteiger partial charge in [0.2, 0.25) is 0 Å². The van der Waals surface area contributed by atoms with E-state index in [4.69, 9.17) is 4.53 Å². The molecule has 1 saturated carbocycles. The van der Waals surface area contributed by atoms with E-state index in [0.717, 1.165) is 19.3 Å². The number of aromatic nitrogens is 2. The minimum absolute atomic E-state index is 0.0355. The van der Waals surface area contributed by atoms with E-state index in [-0.39, 0.29) is 28.4 Å². The van der Waals surface area contributed by atoms with Crippen LogP contribution in [0.2, 0.25) is 5.04 Å². The first-order valence-corrected chi connectivity index (χ1v) is 13.5. The molecular weight excluding hydrogens is 430 g/mol. The highest BCUT2D eigenvalue weighted by Gasteiger charge is 2.51. The number of rotatable bonds is 6. The molecule has 1 aliphatic rings. The van der Waals surface area contributed by atoms with Crippen LogP contribution in [-0.4, -0.2) is 23.9 Å². The van der Waals surface area contributed by atoms with Crippen molar-refractivity contribution in [1.29, 1.82) is 0 Å². The van der Waals surface area contributed by atoms with Crippen molar-refractivity contribution in [1.82, 2.24) is 15.0 Å². The highest BCUT2D eigenvalue weighted by atomic mass is 28.4. The fourth-order valence-corrected chi connectivity index (χ4v) is 9.27. The molecule has 0 amide bonds. The van der Waals surface area contributed by atoms with Gasteiger partial charge in [-0.15, -0.1) is 0 Å². The molecule has 2 atom stereocenters. The van der Waals surface area contributed by atoms with Crippen molar-refractivity contribution in [2.24, 2.45) is 0 Å². The van der Waals surface area contributed by atoms with Crippen molar-refractivity contribution in [2.75, 3.05) is 0 Å². The van der Waals surface area contributed by atoms with Gasteiger partial charge in [0, 0.05) is 23.8 Å². The zero-order valence-corrected chi connectivity index (χ0v) is 20.8. The summed E-state index contributed by atoms with van der Waals surface area (Å²) in [5.74, 6) is 0. The normalized spacial score (nSPS) is 19.0. The van der Waals surface area contributed by atoms with E-state index in [1.807, 2.05) is 12.1 Å². The predicted octanol–water partition coefficient (Wildman–Crippen LogP) is 3.02. The summed E-state index contributed by atoms with van der Waals surface area (Å²) in [4.78, 5) is 26.5. The fourth-order valence-electron chi connectivity index (χ4n) is 5.00. The van der Waals surface area contributed by atoms with Crippen LogP contribution in [-0.2, 0) is 4.53 Å². The van der Waals surface area contributed by atoms with Gasteiger partial charge in [-0.3, -0.25) is 14.3 Å². The molecule has 0 aliphatic heterocycles. The van der Waals surface area contributed by atoms with E-state index >= 15 is 0 Å². The molecule has 6 nitrogen and oxygen atoms in total. The summed E-state index contributed by atoms with van der Waals surface area (Å²) >= 11 is 0. The van der Waals surface area contributed by atoms with E-state index in [0.29, 0.717) is 5.56 Å². The Morgan fingerprint density at radius 1 is 0.970 bits per heavy atom. The van der Waals surface area contributed by atoms with Gasteiger partial charge < -0.3 is 4.53 Å². The molecule has 1 fully saturated rings. The molecule has 3 aromatic rings. The Hall–Kier alpha value is -2.74. The van der Waals surface area contributed by atoms with Gasteiger partial charge in [0.05, 0.1) is 0 Å². The molecule has 33 heavy (non-hydrogen) atoms. The standard InChI is InChI=1S/C26H33N3O3Si/c1-19-18-29(25(31)27-24(19)30)21-16-15-20(17-21)28-32-33(26(2,3)4,22-11-7-5-8-12-22)23-13-9-6-10-14-23/h5-14,18,20-21,28H,15-17H2,1-4H3,(H,27,30,31)/t20-,21+/m1/s1. The highest BCUT2D eigenvalue weighted by Crippen LogP contribution is 2.37. The lowest BCUT2D eigenvalue weighted by atomic mass is 10.2. The molecule has 1 aliphatic carbocycles. The van der Waals surface area contributed by atoms with Crippen molar-refractivity contribution in [3.63, 3.8) is 0 Å². The average Bonchev–Trinajstić information content (AvgIpc) is 3.26. The molecule has 7 heteroatoms. The average molecular weight is 464 g/mol. The Morgan fingerprint density at radius 2 is 1.55 bits per heavy atom. The molecule has 174 valence electrons. The maximum atomic E-state index is 12.4. The Balaban J connectivity index is 1.62. The maximum Gasteiger partial charge on any atom is 0.328 e. The van der Waals surface area contributed by atoms with Crippen LogP contribution in [0.4, 0.5) is 0 Å². The van der Waals surface area contributed by atoms with Gasteiger partial charge in [-0.25, -0.2) is 10.3 Å². The summed E-state index contributed by atoms with van der Waals surface area (Å²) in [5.41, 5.74) is 3.33. The second-order valence-electron chi connectivity index (χ2n) is 10.0. The van der Waals surface area contributed by atoms with E-state index in [9.17, 15) is 9.59 Å². The lowest BCUT2D eigenvalue weighted by Crippen LogP contribution is -2.68. The van der Waals surface area contributed by atoms with E-state index in [1.54, 1.807) is 17.7 Å². The number of hydrogen-bond acceptors (Lipinski definition) is 4. The zero-order chi connectivity index (χ0) is 23.6. The van der Waals surface area contributed by atoms with Crippen LogP contribution in [0.15, 0.2) is 76.4 Å². The van der Waals surface area contributed by atoms with Gasteiger partial charge >= 0.3 is 5.69 Å². The van der Waals surface area contributed by atoms with Crippen LogP contribution in [0.1, 0.15) is 51.6 Å². The van der Waals surface area contributed by atoms with Crippen molar-refractivity contribution in [3.05, 3.63) is 93.3 Å². The second kappa shape index (κ2) is 9.25. The summed E-state index contributed by atoms with van der Waals surface area (Å²) in [5, 5.41) is 2.32. The first-order chi connectivity index (χ1) is 15.7.